The molecule has 0 radical (unpaired) electrons. The highest BCUT2D eigenvalue weighted by Crippen LogP contribution is 2.28. The van der Waals surface area contributed by atoms with Crippen LogP contribution in [0, 0.1) is 5.13 Å². The van der Waals surface area contributed by atoms with E-state index in [0.29, 0.717) is 11.5 Å². The van der Waals surface area contributed by atoms with Crippen LogP contribution < -0.4 is 4.74 Å². The van der Waals surface area contributed by atoms with Gasteiger partial charge in [0, 0.05) is 0 Å². The fraction of sp³-hybridized carbons (Fsp3) is 0.0909. The molecule has 2 aromatic rings. The standard InChI is InChI=1S/C11H7BrF2N2O2S/c12-16(14)11(17)8-9(10(13)19-15-8)18-6-7-4-2-1-3-5-7/h1-5H,6H2. The maximum absolute atomic E-state index is 13.5. The Morgan fingerprint density at radius 2 is 2.11 bits per heavy atom. The number of rotatable bonds is 4. The molecule has 1 aromatic carbocycles. The van der Waals surface area contributed by atoms with Crippen molar-refractivity contribution < 1.29 is 18.4 Å². The molecule has 0 fully saturated rings. The summed E-state index contributed by atoms with van der Waals surface area (Å²) in [5.41, 5.74) is 0.389. The summed E-state index contributed by atoms with van der Waals surface area (Å²) in [5, 5.41) is -0.770. The predicted octanol–water partition coefficient (Wildman–Crippen LogP) is 3.50. The number of hydrogen-bond donors (Lipinski definition) is 0. The average Bonchev–Trinajstić information content (AvgIpc) is 2.78. The summed E-state index contributed by atoms with van der Waals surface area (Å²) in [6.45, 7) is 0.0605. The van der Waals surface area contributed by atoms with Crippen LogP contribution in [0.4, 0.5) is 8.87 Å². The van der Waals surface area contributed by atoms with Gasteiger partial charge in [0.05, 0.1) is 16.1 Å². The summed E-state index contributed by atoms with van der Waals surface area (Å²) >= 11 is 2.75. The molecular formula is C11H7BrF2N2O2S. The number of carbonyl (C=O) groups excluding carboxylic acids is 1. The summed E-state index contributed by atoms with van der Waals surface area (Å²) < 4.78 is 34.6. The highest BCUT2D eigenvalue weighted by Gasteiger charge is 2.25. The van der Waals surface area contributed by atoms with Crippen LogP contribution in [0.15, 0.2) is 30.3 Å². The van der Waals surface area contributed by atoms with Crippen LogP contribution in [-0.2, 0) is 6.61 Å². The molecule has 0 aliphatic heterocycles. The molecule has 0 N–H and O–H groups in total. The van der Waals surface area contributed by atoms with Crippen LogP contribution in [0.1, 0.15) is 16.1 Å². The van der Waals surface area contributed by atoms with Gasteiger partial charge in [-0.1, -0.05) is 34.8 Å². The van der Waals surface area contributed by atoms with Crippen LogP contribution >= 0.6 is 27.7 Å². The van der Waals surface area contributed by atoms with Gasteiger partial charge in [0.2, 0.25) is 5.13 Å². The van der Waals surface area contributed by atoms with Gasteiger partial charge in [-0.25, -0.2) is 0 Å². The van der Waals surface area contributed by atoms with Gasteiger partial charge in [-0.05, 0) is 17.1 Å². The Morgan fingerprint density at radius 1 is 1.42 bits per heavy atom. The van der Waals surface area contributed by atoms with E-state index in [9.17, 15) is 13.7 Å². The smallest absolute Gasteiger partial charge is 0.315 e. The zero-order valence-corrected chi connectivity index (χ0v) is 11.7. The zero-order chi connectivity index (χ0) is 13.8. The van der Waals surface area contributed by atoms with E-state index in [0.717, 1.165) is 5.56 Å². The number of halogens is 3. The molecule has 0 spiro atoms. The van der Waals surface area contributed by atoms with Gasteiger partial charge < -0.3 is 4.74 Å². The third-order valence-electron chi connectivity index (χ3n) is 2.19. The number of carbonyl (C=O) groups is 1. The van der Waals surface area contributed by atoms with E-state index in [1.165, 1.54) is 0 Å². The second-order valence-corrected chi connectivity index (χ2v) is 4.79. The minimum atomic E-state index is -1.12. The lowest BCUT2D eigenvalue weighted by atomic mass is 10.2. The SMILES string of the molecule is O=C(c1nsc(F)c1OCc1ccccc1)N(F)Br. The molecule has 0 saturated carbocycles. The van der Waals surface area contributed by atoms with E-state index in [-0.39, 0.29) is 16.5 Å². The molecule has 19 heavy (non-hydrogen) atoms. The molecule has 2 rings (SSSR count). The van der Waals surface area contributed by atoms with Crippen LogP contribution in [-0.4, -0.2) is 14.4 Å². The number of amides is 1. The number of hydrogen-bond acceptors (Lipinski definition) is 4. The Bertz CT molecular complexity index is 577. The van der Waals surface area contributed by atoms with Gasteiger partial charge in [0.15, 0.2) is 11.4 Å². The monoisotopic (exact) mass is 348 g/mol. The first-order valence-corrected chi connectivity index (χ1v) is 6.55. The number of nitrogens with zero attached hydrogens (tertiary/aromatic N) is 2. The topological polar surface area (TPSA) is 42.4 Å². The van der Waals surface area contributed by atoms with Gasteiger partial charge in [-0.3, -0.25) is 4.79 Å². The summed E-state index contributed by atoms with van der Waals surface area (Å²) in [6.07, 6.45) is 0. The van der Waals surface area contributed by atoms with E-state index >= 15 is 0 Å². The van der Waals surface area contributed by atoms with Crippen LogP contribution in [0.2, 0.25) is 0 Å². The van der Waals surface area contributed by atoms with Crippen molar-refractivity contribution in [1.82, 2.24) is 8.52 Å². The van der Waals surface area contributed by atoms with E-state index in [1.807, 2.05) is 6.07 Å². The van der Waals surface area contributed by atoms with Crippen LogP contribution in [0.5, 0.6) is 5.75 Å². The summed E-state index contributed by atoms with van der Waals surface area (Å²) in [4.78, 5) is 11.4. The summed E-state index contributed by atoms with van der Waals surface area (Å²) in [7, 11) is 0. The maximum atomic E-state index is 13.5. The Kier molecular flexibility index (Phi) is 4.43. The molecule has 0 bridgehead atoms. The van der Waals surface area contributed by atoms with Gasteiger partial charge in [-0.15, -0.1) is 4.15 Å². The Balaban J connectivity index is 2.16. The van der Waals surface area contributed by atoms with Crippen molar-refractivity contribution in [2.24, 2.45) is 0 Å². The number of benzene rings is 1. The first-order valence-electron chi connectivity index (χ1n) is 5.07. The van der Waals surface area contributed by atoms with Crippen molar-refractivity contribution in [3.05, 3.63) is 46.7 Å². The zero-order valence-electron chi connectivity index (χ0n) is 9.35. The fourth-order valence-corrected chi connectivity index (χ4v) is 2.07. The van der Waals surface area contributed by atoms with Gasteiger partial charge in [0.25, 0.3) is 0 Å². The normalized spacial score (nSPS) is 10.3. The molecule has 1 amide bonds. The van der Waals surface area contributed by atoms with Crippen molar-refractivity contribution >= 4 is 33.6 Å². The molecule has 0 saturated heterocycles. The van der Waals surface area contributed by atoms with E-state index in [2.05, 4.69) is 20.5 Å². The van der Waals surface area contributed by atoms with Gasteiger partial charge in [-0.2, -0.15) is 8.76 Å². The maximum Gasteiger partial charge on any atom is 0.315 e. The highest BCUT2D eigenvalue weighted by atomic mass is 79.9. The number of ether oxygens (including phenoxy) is 1. The first-order chi connectivity index (χ1) is 9.09. The first kappa shape index (κ1) is 13.9. The van der Waals surface area contributed by atoms with Gasteiger partial charge >= 0.3 is 5.91 Å². The molecule has 0 aliphatic carbocycles. The molecule has 100 valence electrons. The quantitative estimate of drug-likeness (QED) is 0.794. The summed E-state index contributed by atoms with van der Waals surface area (Å²) in [6, 6.07) is 9.00. The molecular weight excluding hydrogens is 342 g/mol. The Labute approximate surface area is 120 Å². The van der Waals surface area contributed by atoms with E-state index in [1.54, 1.807) is 24.3 Å². The number of aromatic nitrogens is 1. The van der Waals surface area contributed by atoms with E-state index in [4.69, 9.17) is 4.74 Å². The van der Waals surface area contributed by atoms with Crippen LogP contribution in [0.25, 0.3) is 0 Å². The molecule has 1 aromatic heterocycles. The molecule has 4 nitrogen and oxygen atoms in total. The average molecular weight is 349 g/mol. The highest BCUT2D eigenvalue weighted by molar-refractivity contribution is 9.07. The second-order valence-electron chi connectivity index (χ2n) is 3.45. The molecule has 1 heterocycles. The molecule has 0 aliphatic rings. The Hall–Kier alpha value is -1.54. The van der Waals surface area contributed by atoms with Gasteiger partial charge in [0.1, 0.15) is 6.61 Å². The largest absolute Gasteiger partial charge is 0.483 e. The van der Waals surface area contributed by atoms with Crippen molar-refractivity contribution in [3.8, 4) is 5.75 Å². The van der Waals surface area contributed by atoms with Crippen molar-refractivity contribution in [1.29, 1.82) is 0 Å². The minimum absolute atomic E-state index is 0.0605. The summed E-state index contributed by atoms with van der Waals surface area (Å²) in [5.74, 6) is -1.47. The lowest BCUT2D eigenvalue weighted by Crippen LogP contribution is -2.13. The molecule has 8 heteroatoms. The second kappa shape index (κ2) is 6.07. The fourth-order valence-electron chi connectivity index (χ4n) is 1.33. The van der Waals surface area contributed by atoms with Crippen molar-refractivity contribution in [2.75, 3.05) is 0 Å². The lowest BCUT2D eigenvalue weighted by molar-refractivity contribution is 0.0638. The minimum Gasteiger partial charge on any atom is -0.483 e. The lowest BCUT2D eigenvalue weighted by Gasteiger charge is -2.06. The molecule has 0 unspecified atom stereocenters. The predicted molar refractivity (Wildman–Crippen MR) is 69.1 cm³/mol. The Morgan fingerprint density at radius 3 is 2.74 bits per heavy atom. The van der Waals surface area contributed by atoms with Crippen molar-refractivity contribution in [3.63, 3.8) is 0 Å². The third-order valence-corrected chi connectivity index (χ3v) is 3.13. The van der Waals surface area contributed by atoms with E-state index < -0.39 is 16.7 Å². The molecule has 0 atom stereocenters. The third kappa shape index (κ3) is 3.27. The van der Waals surface area contributed by atoms with Crippen molar-refractivity contribution in [2.45, 2.75) is 6.61 Å². The van der Waals surface area contributed by atoms with Crippen LogP contribution in [0.3, 0.4) is 0 Å².